The molecule has 2 rings (SSSR count). The van der Waals surface area contributed by atoms with E-state index in [1.54, 1.807) is 23.0 Å². The second-order valence-electron chi connectivity index (χ2n) is 4.34. The SMILES string of the molecule is CCCNc1cn2ccnc2c(NCC(O)C(F)F)n1. The Labute approximate surface area is 114 Å². The van der Waals surface area contributed by atoms with Crippen molar-refractivity contribution in [3.05, 3.63) is 18.6 Å². The smallest absolute Gasteiger partial charge is 0.265 e. The summed E-state index contributed by atoms with van der Waals surface area (Å²) < 4.78 is 26.3. The lowest BCUT2D eigenvalue weighted by Gasteiger charge is -2.13. The summed E-state index contributed by atoms with van der Waals surface area (Å²) in [6.07, 6.45) is 1.51. The van der Waals surface area contributed by atoms with Crippen molar-refractivity contribution >= 4 is 17.3 Å². The first-order chi connectivity index (χ1) is 9.61. The Balaban J connectivity index is 2.19. The van der Waals surface area contributed by atoms with Crippen molar-refractivity contribution in [3.63, 3.8) is 0 Å². The maximum Gasteiger partial charge on any atom is 0.265 e. The van der Waals surface area contributed by atoms with E-state index in [0.717, 1.165) is 13.0 Å². The molecule has 1 unspecified atom stereocenters. The number of aliphatic hydroxyl groups excluding tert-OH is 1. The standard InChI is InChI=1S/C12H17F2N5O/c1-2-3-15-9-7-19-5-4-16-12(19)11(18-9)17-6-8(20)10(13)14/h4-5,7-8,10,15,20H,2-3,6H2,1H3,(H,17,18). The molecule has 0 aliphatic rings. The fourth-order valence-corrected chi connectivity index (χ4v) is 1.68. The van der Waals surface area contributed by atoms with E-state index in [1.807, 2.05) is 6.92 Å². The average Bonchev–Trinajstić information content (AvgIpc) is 2.90. The van der Waals surface area contributed by atoms with E-state index in [0.29, 0.717) is 17.3 Å². The molecule has 0 saturated heterocycles. The second-order valence-corrected chi connectivity index (χ2v) is 4.34. The van der Waals surface area contributed by atoms with Crippen molar-refractivity contribution in [3.8, 4) is 0 Å². The van der Waals surface area contributed by atoms with Crippen molar-refractivity contribution in [2.45, 2.75) is 25.9 Å². The minimum atomic E-state index is -2.79. The molecule has 0 saturated carbocycles. The third kappa shape index (κ3) is 3.32. The van der Waals surface area contributed by atoms with Crippen molar-refractivity contribution in [1.29, 1.82) is 0 Å². The molecule has 6 nitrogen and oxygen atoms in total. The van der Waals surface area contributed by atoms with E-state index in [9.17, 15) is 8.78 Å². The van der Waals surface area contributed by atoms with Crippen LogP contribution >= 0.6 is 0 Å². The zero-order valence-corrected chi connectivity index (χ0v) is 11.1. The fraction of sp³-hybridized carbons (Fsp3) is 0.500. The number of alkyl halides is 2. The van der Waals surface area contributed by atoms with E-state index in [1.165, 1.54) is 0 Å². The highest BCUT2D eigenvalue weighted by Gasteiger charge is 2.17. The van der Waals surface area contributed by atoms with Gasteiger partial charge in [-0.25, -0.2) is 18.7 Å². The summed E-state index contributed by atoms with van der Waals surface area (Å²) in [5, 5.41) is 15.0. The summed E-state index contributed by atoms with van der Waals surface area (Å²) in [6, 6.07) is 0. The Morgan fingerprint density at radius 2 is 2.20 bits per heavy atom. The molecular formula is C12H17F2N5O. The summed E-state index contributed by atoms with van der Waals surface area (Å²) in [5.74, 6) is 0.974. The van der Waals surface area contributed by atoms with Crippen molar-refractivity contribution in [1.82, 2.24) is 14.4 Å². The van der Waals surface area contributed by atoms with Gasteiger partial charge in [0.25, 0.3) is 6.43 Å². The van der Waals surface area contributed by atoms with Crippen LogP contribution in [0.15, 0.2) is 18.6 Å². The van der Waals surface area contributed by atoms with Crippen LogP contribution in [0.1, 0.15) is 13.3 Å². The predicted octanol–water partition coefficient (Wildman–Crippen LogP) is 1.59. The summed E-state index contributed by atoms with van der Waals surface area (Å²) in [4.78, 5) is 8.38. The van der Waals surface area contributed by atoms with Crippen LogP contribution in [0.4, 0.5) is 20.4 Å². The van der Waals surface area contributed by atoms with Gasteiger partial charge in [-0.1, -0.05) is 6.92 Å². The van der Waals surface area contributed by atoms with Gasteiger partial charge in [-0.15, -0.1) is 0 Å². The molecule has 2 aromatic rings. The topological polar surface area (TPSA) is 74.5 Å². The third-order valence-electron chi connectivity index (χ3n) is 2.70. The average molecular weight is 285 g/mol. The van der Waals surface area contributed by atoms with E-state index in [2.05, 4.69) is 20.6 Å². The number of anilines is 2. The van der Waals surface area contributed by atoms with Gasteiger partial charge in [0.2, 0.25) is 0 Å². The highest BCUT2D eigenvalue weighted by atomic mass is 19.3. The Kier molecular flexibility index (Phi) is 4.67. The van der Waals surface area contributed by atoms with Gasteiger partial charge in [-0.3, -0.25) is 0 Å². The van der Waals surface area contributed by atoms with E-state index >= 15 is 0 Å². The van der Waals surface area contributed by atoms with E-state index in [-0.39, 0.29) is 6.54 Å². The molecule has 110 valence electrons. The predicted molar refractivity (Wildman–Crippen MR) is 72.3 cm³/mol. The van der Waals surface area contributed by atoms with Gasteiger partial charge >= 0.3 is 0 Å². The lowest BCUT2D eigenvalue weighted by molar-refractivity contribution is 0.00382. The number of hydrogen-bond acceptors (Lipinski definition) is 5. The first-order valence-electron chi connectivity index (χ1n) is 6.39. The van der Waals surface area contributed by atoms with Crippen LogP contribution in [0, 0.1) is 0 Å². The number of nitrogens with one attached hydrogen (secondary N) is 2. The van der Waals surface area contributed by atoms with Crippen LogP contribution in [0.3, 0.4) is 0 Å². The Morgan fingerprint density at radius 1 is 1.40 bits per heavy atom. The van der Waals surface area contributed by atoms with Gasteiger partial charge < -0.3 is 20.1 Å². The number of nitrogens with zero attached hydrogens (tertiary/aromatic N) is 3. The van der Waals surface area contributed by atoms with Crippen molar-refractivity contribution < 1.29 is 13.9 Å². The van der Waals surface area contributed by atoms with Crippen LogP contribution in [0.2, 0.25) is 0 Å². The lowest BCUT2D eigenvalue weighted by atomic mass is 10.3. The normalized spacial score (nSPS) is 12.8. The Bertz CT molecular complexity index is 560. The quantitative estimate of drug-likeness (QED) is 0.720. The molecule has 2 heterocycles. The number of fused-ring (bicyclic) bond motifs is 1. The molecule has 0 radical (unpaired) electrons. The van der Waals surface area contributed by atoms with Gasteiger partial charge in [0.05, 0.1) is 6.20 Å². The minimum absolute atomic E-state index is 0.287. The Hall–Kier alpha value is -1.96. The highest BCUT2D eigenvalue weighted by molar-refractivity contribution is 5.65. The molecule has 0 bridgehead atoms. The van der Waals surface area contributed by atoms with Crippen LogP contribution in [-0.2, 0) is 0 Å². The summed E-state index contributed by atoms with van der Waals surface area (Å²) in [7, 11) is 0. The summed E-state index contributed by atoms with van der Waals surface area (Å²) in [6.45, 7) is 2.50. The van der Waals surface area contributed by atoms with Crippen LogP contribution < -0.4 is 10.6 Å². The maximum absolute atomic E-state index is 12.3. The van der Waals surface area contributed by atoms with Gasteiger partial charge in [-0.2, -0.15) is 0 Å². The number of halogens is 2. The first kappa shape index (κ1) is 14.4. The van der Waals surface area contributed by atoms with E-state index < -0.39 is 12.5 Å². The molecule has 2 aromatic heterocycles. The molecule has 1 atom stereocenters. The highest BCUT2D eigenvalue weighted by Crippen LogP contribution is 2.16. The number of hydrogen-bond donors (Lipinski definition) is 3. The molecule has 0 aromatic carbocycles. The van der Waals surface area contributed by atoms with Gasteiger partial charge in [0, 0.05) is 25.5 Å². The second kappa shape index (κ2) is 6.47. The Morgan fingerprint density at radius 3 is 2.90 bits per heavy atom. The third-order valence-corrected chi connectivity index (χ3v) is 2.70. The fourth-order valence-electron chi connectivity index (χ4n) is 1.68. The molecule has 3 N–H and O–H groups in total. The summed E-state index contributed by atoms with van der Waals surface area (Å²) >= 11 is 0. The summed E-state index contributed by atoms with van der Waals surface area (Å²) in [5.41, 5.74) is 0.522. The molecule has 0 aliphatic heterocycles. The number of aliphatic hydroxyl groups is 1. The van der Waals surface area contributed by atoms with Crippen LogP contribution in [0.25, 0.3) is 5.65 Å². The number of aromatic nitrogens is 3. The van der Waals surface area contributed by atoms with Crippen LogP contribution in [-0.4, -0.2) is 45.1 Å². The molecule has 8 heteroatoms. The maximum atomic E-state index is 12.3. The van der Waals surface area contributed by atoms with Gasteiger partial charge in [0.1, 0.15) is 11.9 Å². The number of imidazole rings is 1. The molecular weight excluding hydrogens is 268 g/mol. The molecule has 0 amide bonds. The van der Waals surface area contributed by atoms with Gasteiger partial charge in [-0.05, 0) is 6.42 Å². The molecule has 20 heavy (non-hydrogen) atoms. The van der Waals surface area contributed by atoms with Crippen LogP contribution in [0.5, 0.6) is 0 Å². The zero-order valence-electron chi connectivity index (χ0n) is 11.1. The molecule has 0 aliphatic carbocycles. The number of rotatable bonds is 7. The first-order valence-corrected chi connectivity index (χ1v) is 6.39. The molecule has 0 spiro atoms. The van der Waals surface area contributed by atoms with Crippen molar-refractivity contribution in [2.75, 3.05) is 23.7 Å². The minimum Gasteiger partial charge on any atom is -0.385 e. The lowest BCUT2D eigenvalue weighted by Crippen LogP contribution is -2.27. The molecule has 0 fully saturated rings. The van der Waals surface area contributed by atoms with Crippen molar-refractivity contribution in [2.24, 2.45) is 0 Å². The largest absolute Gasteiger partial charge is 0.385 e. The van der Waals surface area contributed by atoms with E-state index in [4.69, 9.17) is 5.11 Å². The van der Waals surface area contributed by atoms with Gasteiger partial charge in [0.15, 0.2) is 11.5 Å². The zero-order chi connectivity index (χ0) is 14.5. The monoisotopic (exact) mass is 285 g/mol.